The standard InChI is InChI=1S/C42H52F4O6/c1-30(2)38(47)49-27-13-9-7-11-15-33-19-23-35(24-20-33)42(45,46)52-37-26-25-36(29-31(37)3)51-41(43,44)34-21-17-32(18-22-34)16-12-8-10-14-28-50-39(48)40(4,5)6/h17-26,29H,1,7-16,27-28H2,2-6H3. The number of halogens is 4. The van der Waals surface area contributed by atoms with Crippen molar-refractivity contribution < 1.29 is 46.1 Å². The second kappa shape index (κ2) is 19.5. The SMILES string of the molecule is C=C(C)C(=O)OCCCCCCc1ccc(C(F)(F)Oc2ccc(OC(F)(F)c3ccc(CCCCCCOC(=O)C(C)(C)C)cc3)cc2C)cc1. The zero-order chi connectivity index (χ0) is 38.4. The molecule has 0 N–H and O–H groups in total. The summed E-state index contributed by atoms with van der Waals surface area (Å²) in [7, 11) is 0. The highest BCUT2D eigenvalue weighted by Crippen LogP contribution is 2.37. The fourth-order valence-electron chi connectivity index (χ4n) is 5.17. The molecule has 0 spiro atoms. The van der Waals surface area contributed by atoms with E-state index >= 15 is 17.6 Å². The highest BCUT2D eigenvalue weighted by atomic mass is 19.3. The van der Waals surface area contributed by atoms with Gasteiger partial charge in [-0.05, 0) is 132 Å². The molecule has 6 nitrogen and oxygen atoms in total. The van der Waals surface area contributed by atoms with Crippen LogP contribution in [0.4, 0.5) is 17.6 Å². The van der Waals surface area contributed by atoms with E-state index in [9.17, 15) is 9.59 Å². The minimum Gasteiger partial charge on any atom is -0.465 e. The molecule has 0 amide bonds. The molecule has 0 radical (unpaired) electrons. The molecule has 0 unspecified atom stereocenters. The first-order valence-corrected chi connectivity index (χ1v) is 17.9. The number of carbonyl (C=O) groups is 2. The van der Waals surface area contributed by atoms with Crippen LogP contribution in [0.15, 0.2) is 78.9 Å². The molecule has 0 atom stereocenters. The zero-order valence-corrected chi connectivity index (χ0v) is 31.0. The van der Waals surface area contributed by atoms with Gasteiger partial charge in [-0.1, -0.05) is 56.5 Å². The predicted octanol–water partition coefficient (Wildman–Crippen LogP) is 11.2. The van der Waals surface area contributed by atoms with Gasteiger partial charge in [-0.15, -0.1) is 0 Å². The van der Waals surface area contributed by atoms with Crippen LogP contribution in [0.2, 0.25) is 0 Å². The molecule has 52 heavy (non-hydrogen) atoms. The molecule has 0 saturated heterocycles. The van der Waals surface area contributed by atoms with Crippen LogP contribution in [0.5, 0.6) is 11.5 Å². The fourth-order valence-corrected chi connectivity index (χ4v) is 5.17. The van der Waals surface area contributed by atoms with Gasteiger partial charge in [0.05, 0.1) is 29.8 Å². The first-order chi connectivity index (χ1) is 24.5. The minimum absolute atomic E-state index is 0.158. The normalized spacial score (nSPS) is 11.9. The van der Waals surface area contributed by atoms with Gasteiger partial charge < -0.3 is 18.9 Å². The Morgan fingerprint density at radius 2 is 1.10 bits per heavy atom. The minimum atomic E-state index is -3.65. The van der Waals surface area contributed by atoms with Gasteiger partial charge in [0.2, 0.25) is 0 Å². The number of carbonyl (C=O) groups excluding carboxylic acids is 2. The molecule has 0 aliphatic heterocycles. The maximum atomic E-state index is 15.1. The third-order valence-electron chi connectivity index (χ3n) is 8.36. The van der Waals surface area contributed by atoms with Crippen LogP contribution in [-0.2, 0) is 44.1 Å². The number of esters is 2. The summed E-state index contributed by atoms with van der Waals surface area (Å²) >= 11 is 0. The Hall–Kier alpha value is -4.34. The quantitative estimate of drug-likeness (QED) is 0.0471. The average molecular weight is 729 g/mol. The number of alkyl halides is 4. The molecule has 0 aliphatic rings. The van der Waals surface area contributed by atoms with Crippen molar-refractivity contribution in [2.45, 2.75) is 111 Å². The van der Waals surface area contributed by atoms with Gasteiger partial charge in [0.25, 0.3) is 0 Å². The van der Waals surface area contributed by atoms with Gasteiger partial charge in [-0.25, -0.2) is 4.79 Å². The third kappa shape index (κ3) is 14.0. The van der Waals surface area contributed by atoms with Crippen molar-refractivity contribution in [2.24, 2.45) is 5.41 Å². The Bertz CT molecular complexity index is 1590. The van der Waals surface area contributed by atoms with Crippen LogP contribution < -0.4 is 9.47 Å². The fraction of sp³-hybridized carbons (Fsp3) is 0.476. The van der Waals surface area contributed by atoms with E-state index in [2.05, 4.69) is 6.58 Å². The first-order valence-electron chi connectivity index (χ1n) is 17.9. The number of aryl methyl sites for hydroxylation is 3. The summed E-state index contributed by atoms with van der Waals surface area (Å²) in [6.45, 7) is 12.8. The molecule has 0 fully saturated rings. The number of unbranched alkanes of at least 4 members (excludes halogenated alkanes) is 6. The zero-order valence-electron chi connectivity index (χ0n) is 31.0. The number of hydrogen-bond acceptors (Lipinski definition) is 6. The van der Waals surface area contributed by atoms with Crippen LogP contribution >= 0.6 is 0 Å². The van der Waals surface area contributed by atoms with Crippen molar-refractivity contribution >= 4 is 11.9 Å². The molecule has 10 heteroatoms. The van der Waals surface area contributed by atoms with Crippen molar-refractivity contribution in [1.29, 1.82) is 0 Å². The molecule has 0 heterocycles. The molecule has 0 bridgehead atoms. The van der Waals surface area contributed by atoms with Crippen LogP contribution in [0.3, 0.4) is 0 Å². The van der Waals surface area contributed by atoms with Crippen LogP contribution in [-0.4, -0.2) is 25.2 Å². The molecule has 3 aromatic rings. The lowest BCUT2D eigenvalue weighted by molar-refractivity contribution is -0.188. The number of benzene rings is 3. The van der Waals surface area contributed by atoms with E-state index in [1.807, 2.05) is 20.8 Å². The monoisotopic (exact) mass is 728 g/mol. The van der Waals surface area contributed by atoms with E-state index in [-0.39, 0.29) is 34.2 Å². The lowest BCUT2D eigenvalue weighted by Gasteiger charge is -2.22. The maximum Gasteiger partial charge on any atom is 0.426 e. The number of rotatable bonds is 21. The van der Waals surface area contributed by atoms with Crippen molar-refractivity contribution in [1.82, 2.24) is 0 Å². The summed E-state index contributed by atoms with van der Waals surface area (Å²) in [5.74, 6) is -0.956. The lowest BCUT2D eigenvalue weighted by atomic mass is 9.97. The van der Waals surface area contributed by atoms with E-state index in [4.69, 9.17) is 18.9 Å². The van der Waals surface area contributed by atoms with Crippen LogP contribution in [0.1, 0.15) is 107 Å². The van der Waals surface area contributed by atoms with Crippen LogP contribution in [0, 0.1) is 12.3 Å². The molecule has 0 aromatic heterocycles. The average Bonchev–Trinajstić information content (AvgIpc) is 3.08. The summed E-state index contributed by atoms with van der Waals surface area (Å²) in [6.07, 6.45) is 1.00. The molecule has 284 valence electrons. The molecular weight excluding hydrogens is 676 g/mol. The molecular formula is C42H52F4O6. The second-order valence-corrected chi connectivity index (χ2v) is 14.2. The third-order valence-corrected chi connectivity index (χ3v) is 8.36. The Balaban J connectivity index is 1.43. The lowest BCUT2D eigenvalue weighted by Crippen LogP contribution is -2.23. The van der Waals surface area contributed by atoms with E-state index in [0.29, 0.717) is 25.2 Å². The highest BCUT2D eigenvalue weighted by molar-refractivity contribution is 5.86. The van der Waals surface area contributed by atoms with Crippen molar-refractivity contribution in [3.63, 3.8) is 0 Å². The molecule has 3 rings (SSSR count). The smallest absolute Gasteiger partial charge is 0.426 e. The summed E-state index contributed by atoms with van der Waals surface area (Å²) in [6, 6.07) is 15.5. The number of ether oxygens (including phenoxy) is 4. The highest BCUT2D eigenvalue weighted by Gasteiger charge is 2.36. The Labute approximate surface area is 305 Å². The number of hydrogen-bond donors (Lipinski definition) is 0. The summed E-state index contributed by atoms with van der Waals surface area (Å²) in [4.78, 5) is 23.2. The van der Waals surface area contributed by atoms with Gasteiger partial charge >= 0.3 is 24.2 Å². The Kier molecular flexibility index (Phi) is 15.8. The summed E-state index contributed by atoms with van der Waals surface area (Å²) in [5, 5.41) is 0. The van der Waals surface area contributed by atoms with E-state index in [1.54, 1.807) is 31.2 Å². The first kappa shape index (κ1) is 42.1. The van der Waals surface area contributed by atoms with Gasteiger partial charge in [0.15, 0.2) is 0 Å². The van der Waals surface area contributed by atoms with Crippen LogP contribution in [0.25, 0.3) is 0 Å². The Morgan fingerprint density at radius 3 is 1.56 bits per heavy atom. The summed E-state index contributed by atoms with van der Waals surface area (Å²) < 4.78 is 80.7. The van der Waals surface area contributed by atoms with E-state index in [1.165, 1.54) is 49.4 Å². The maximum absolute atomic E-state index is 15.1. The topological polar surface area (TPSA) is 71.1 Å². The van der Waals surface area contributed by atoms with Crippen molar-refractivity contribution in [2.75, 3.05) is 13.2 Å². The van der Waals surface area contributed by atoms with Crippen molar-refractivity contribution in [3.05, 3.63) is 107 Å². The molecule has 0 aliphatic carbocycles. The van der Waals surface area contributed by atoms with Gasteiger partial charge in [0, 0.05) is 5.57 Å². The van der Waals surface area contributed by atoms with Gasteiger partial charge in [-0.2, -0.15) is 17.6 Å². The Morgan fingerprint density at radius 1 is 0.635 bits per heavy atom. The van der Waals surface area contributed by atoms with Gasteiger partial charge in [-0.3, -0.25) is 4.79 Å². The second-order valence-electron chi connectivity index (χ2n) is 14.2. The molecule has 0 saturated carbocycles. The predicted molar refractivity (Wildman–Crippen MR) is 194 cm³/mol. The van der Waals surface area contributed by atoms with Gasteiger partial charge in [0.1, 0.15) is 11.5 Å². The van der Waals surface area contributed by atoms with Crippen molar-refractivity contribution in [3.8, 4) is 11.5 Å². The van der Waals surface area contributed by atoms with E-state index < -0.39 is 23.6 Å². The largest absolute Gasteiger partial charge is 0.465 e. The summed E-state index contributed by atoms with van der Waals surface area (Å²) in [5.41, 5.74) is 1.23. The van der Waals surface area contributed by atoms with E-state index in [0.717, 1.165) is 68.9 Å². The molecule has 3 aromatic carbocycles.